The largest absolute Gasteiger partial charge is 0.381 e. The first-order chi connectivity index (χ1) is 9.29. The zero-order valence-corrected chi connectivity index (χ0v) is 14.9. The number of benzene rings is 1. The van der Waals surface area contributed by atoms with Crippen molar-refractivity contribution in [3.8, 4) is 0 Å². The van der Waals surface area contributed by atoms with Gasteiger partial charge in [0, 0.05) is 16.8 Å². The fourth-order valence-corrected chi connectivity index (χ4v) is 4.53. The van der Waals surface area contributed by atoms with E-state index in [2.05, 4.69) is 21.2 Å². The number of nitrogens with one attached hydrogen (secondary N) is 1. The Morgan fingerprint density at radius 1 is 1.25 bits per heavy atom. The summed E-state index contributed by atoms with van der Waals surface area (Å²) < 4.78 is 24.1. The van der Waals surface area contributed by atoms with Gasteiger partial charge in [-0.15, -0.1) is 0 Å². The fourth-order valence-electron chi connectivity index (χ4n) is 2.52. The van der Waals surface area contributed by atoms with E-state index in [4.69, 9.17) is 23.2 Å². The first-order valence-electron chi connectivity index (χ1n) is 6.38. The Hall–Kier alpha value is 0.0300. The lowest BCUT2D eigenvalue weighted by Gasteiger charge is -2.29. The van der Waals surface area contributed by atoms with Gasteiger partial charge in [0.25, 0.3) is 0 Å². The Morgan fingerprint density at radius 2 is 1.95 bits per heavy atom. The van der Waals surface area contributed by atoms with Crippen LogP contribution in [0.2, 0.25) is 10.0 Å². The lowest BCUT2D eigenvalue weighted by Crippen LogP contribution is -2.34. The van der Waals surface area contributed by atoms with Crippen LogP contribution in [0.1, 0.15) is 25.7 Å². The number of hydrogen-bond donors (Lipinski definition) is 1. The van der Waals surface area contributed by atoms with E-state index in [0.717, 1.165) is 29.4 Å². The second-order valence-corrected chi connectivity index (χ2v) is 9.12. The van der Waals surface area contributed by atoms with Crippen LogP contribution < -0.4 is 5.32 Å². The van der Waals surface area contributed by atoms with Crippen LogP contribution in [-0.2, 0) is 9.84 Å². The van der Waals surface area contributed by atoms with Crippen LogP contribution in [0.4, 0.5) is 5.69 Å². The van der Waals surface area contributed by atoms with Crippen LogP contribution in [0.5, 0.6) is 0 Å². The molecular formula is C13H16BrCl2NO2S. The van der Waals surface area contributed by atoms with Crippen molar-refractivity contribution in [3.05, 3.63) is 26.7 Å². The number of hydrogen-bond acceptors (Lipinski definition) is 3. The van der Waals surface area contributed by atoms with Gasteiger partial charge in [-0.2, -0.15) is 0 Å². The van der Waals surface area contributed by atoms with Gasteiger partial charge in [0.15, 0.2) is 0 Å². The molecule has 0 aromatic heterocycles. The van der Waals surface area contributed by atoms with Gasteiger partial charge in [0.2, 0.25) is 0 Å². The molecule has 1 aromatic carbocycles. The zero-order valence-electron chi connectivity index (χ0n) is 11.0. The maximum atomic E-state index is 11.7. The van der Waals surface area contributed by atoms with Crippen LogP contribution in [0.25, 0.3) is 0 Å². The third-order valence-electron chi connectivity index (χ3n) is 3.63. The van der Waals surface area contributed by atoms with E-state index in [-0.39, 0.29) is 11.3 Å². The van der Waals surface area contributed by atoms with Gasteiger partial charge in [0.05, 0.1) is 21.0 Å². The fraction of sp³-hybridized carbons (Fsp3) is 0.538. The van der Waals surface area contributed by atoms with Crippen LogP contribution in [0.3, 0.4) is 0 Å². The lowest BCUT2D eigenvalue weighted by atomic mass is 9.95. The van der Waals surface area contributed by atoms with Crippen LogP contribution in [0, 0.1) is 0 Å². The lowest BCUT2D eigenvalue weighted by molar-refractivity contribution is 0.453. The molecule has 7 heteroatoms. The quantitative estimate of drug-likeness (QED) is 0.758. The molecular weight excluding hydrogens is 385 g/mol. The topological polar surface area (TPSA) is 46.2 Å². The predicted octanol–water partition coefficient (Wildman–Crippen LogP) is 4.52. The molecule has 1 aliphatic rings. The van der Waals surface area contributed by atoms with Crippen molar-refractivity contribution < 1.29 is 8.42 Å². The molecule has 0 aliphatic heterocycles. The van der Waals surface area contributed by atoms with Crippen molar-refractivity contribution in [1.29, 1.82) is 0 Å². The summed E-state index contributed by atoms with van der Waals surface area (Å²) in [5.41, 5.74) is 0.749. The Balaban J connectivity index is 2.13. The van der Waals surface area contributed by atoms with E-state index >= 15 is 0 Å². The summed E-state index contributed by atoms with van der Waals surface area (Å²) in [6.07, 6.45) is 4.51. The summed E-state index contributed by atoms with van der Waals surface area (Å²) >= 11 is 15.6. The second kappa shape index (κ2) is 6.42. The molecule has 2 rings (SSSR count). The summed E-state index contributed by atoms with van der Waals surface area (Å²) in [6, 6.07) is 3.79. The van der Waals surface area contributed by atoms with Crippen molar-refractivity contribution in [2.75, 3.05) is 11.6 Å². The van der Waals surface area contributed by atoms with Crippen molar-refractivity contribution in [2.45, 2.75) is 37.0 Å². The highest BCUT2D eigenvalue weighted by Crippen LogP contribution is 2.37. The molecule has 0 heterocycles. The normalized spacial score (nSPS) is 23.6. The first kappa shape index (κ1) is 16.4. The Labute approximate surface area is 138 Å². The van der Waals surface area contributed by atoms with Crippen molar-refractivity contribution in [1.82, 2.24) is 0 Å². The van der Waals surface area contributed by atoms with E-state index in [0.29, 0.717) is 16.5 Å². The van der Waals surface area contributed by atoms with Gasteiger partial charge >= 0.3 is 0 Å². The van der Waals surface area contributed by atoms with E-state index in [1.54, 1.807) is 0 Å². The van der Waals surface area contributed by atoms with E-state index < -0.39 is 9.84 Å². The van der Waals surface area contributed by atoms with Crippen LogP contribution in [0.15, 0.2) is 16.6 Å². The minimum absolute atomic E-state index is 0.109. The third-order valence-corrected chi connectivity index (χ3v) is 7.04. The molecule has 0 amide bonds. The highest BCUT2D eigenvalue weighted by atomic mass is 79.9. The van der Waals surface area contributed by atoms with Gasteiger partial charge in [-0.25, -0.2) is 8.42 Å². The zero-order chi connectivity index (χ0) is 14.9. The summed E-state index contributed by atoms with van der Waals surface area (Å²) in [5, 5.41) is 3.98. The molecule has 0 spiro atoms. The summed E-state index contributed by atoms with van der Waals surface area (Å²) in [4.78, 5) is 0. The maximum Gasteiger partial charge on any atom is 0.150 e. The smallest absolute Gasteiger partial charge is 0.150 e. The Bertz CT molecular complexity index is 607. The second-order valence-electron chi connectivity index (χ2n) is 5.18. The van der Waals surface area contributed by atoms with Crippen LogP contribution in [-0.4, -0.2) is 26.0 Å². The summed E-state index contributed by atoms with van der Waals surface area (Å²) in [5.74, 6) is 0. The molecule has 1 aromatic rings. The molecule has 1 fully saturated rings. The predicted molar refractivity (Wildman–Crippen MR) is 88.7 cm³/mol. The van der Waals surface area contributed by atoms with Crippen molar-refractivity contribution in [3.63, 3.8) is 0 Å². The summed E-state index contributed by atoms with van der Waals surface area (Å²) in [7, 11) is -2.98. The molecule has 1 N–H and O–H groups in total. The number of rotatable bonds is 3. The molecule has 1 aliphatic carbocycles. The standard InChI is InChI=1S/C13H16BrCl2NO2S/c1-20(18,19)9-4-2-3-8(7-9)17-11-6-5-10(14)12(15)13(11)16/h5-6,8-9,17H,2-4,7H2,1H3. The van der Waals surface area contributed by atoms with Crippen molar-refractivity contribution in [2.24, 2.45) is 0 Å². The minimum Gasteiger partial charge on any atom is -0.381 e. The number of sulfone groups is 1. The average molecular weight is 401 g/mol. The van der Waals surface area contributed by atoms with Gasteiger partial charge in [-0.1, -0.05) is 29.6 Å². The molecule has 2 unspecified atom stereocenters. The number of halogens is 3. The van der Waals surface area contributed by atoms with E-state index in [9.17, 15) is 8.42 Å². The summed E-state index contributed by atoms with van der Waals surface area (Å²) in [6.45, 7) is 0. The SMILES string of the molecule is CS(=O)(=O)C1CCCC(Nc2ccc(Br)c(Cl)c2Cl)C1. The highest BCUT2D eigenvalue weighted by Gasteiger charge is 2.29. The molecule has 2 atom stereocenters. The average Bonchev–Trinajstić information content (AvgIpc) is 2.39. The van der Waals surface area contributed by atoms with E-state index in [1.807, 2.05) is 12.1 Å². The van der Waals surface area contributed by atoms with Gasteiger partial charge in [0.1, 0.15) is 9.84 Å². The molecule has 0 bridgehead atoms. The maximum absolute atomic E-state index is 11.7. The molecule has 0 radical (unpaired) electrons. The van der Waals surface area contributed by atoms with Crippen molar-refractivity contribution >= 4 is 54.7 Å². The number of anilines is 1. The monoisotopic (exact) mass is 399 g/mol. The molecule has 3 nitrogen and oxygen atoms in total. The molecule has 1 saturated carbocycles. The van der Waals surface area contributed by atoms with Crippen LogP contribution >= 0.6 is 39.1 Å². The first-order valence-corrected chi connectivity index (χ1v) is 9.88. The van der Waals surface area contributed by atoms with Gasteiger partial charge < -0.3 is 5.32 Å². The Kier molecular flexibility index (Phi) is 5.27. The van der Waals surface area contributed by atoms with Gasteiger partial charge in [-0.3, -0.25) is 0 Å². The minimum atomic E-state index is -2.98. The third kappa shape index (κ3) is 3.81. The van der Waals surface area contributed by atoms with Gasteiger partial charge in [-0.05, 0) is 47.3 Å². The highest BCUT2D eigenvalue weighted by molar-refractivity contribution is 9.10. The van der Waals surface area contributed by atoms with E-state index in [1.165, 1.54) is 6.26 Å². The molecule has 0 saturated heterocycles. The Morgan fingerprint density at radius 3 is 2.60 bits per heavy atom. The molecule has 112 valence electrons. The molecule has 20 heavy (non-hydrogen) atoms.